The molecule has 0 amide bonds. The molecule has 0 saturated carbocycles. The number of nitrogens with one attached hydrogen (secondary N) is 2. The Balaban J connectivity index is 0. The Morgan fingerprint density at radius 2 is 1.29 bits per heavy atom. The molecule has 5 heteroatoms. The van der Waals surface area contributed by atoms with Gasteiger partial charge in [-0.25, -0.2) is 0 Å². The summed E-state index contributed by atoms with van der Waals surface area (Å²) in [5, 5.41) is 0. The summed E-state index contributed by atoms with van der Waals surface area (Å²) < 4.78 is 5.94. The van der Waals surface area contributed by atoms with E-state index in [1.165, 1.54) is 0 Å². The third-order valence-corrected chi connectivity index (χ3v) is 1.39. The quantitative estimate of drug-likeness (QED) is 0.337. The largest absolute Gasteiger partial charge is 2.00 e. The summed E-state index contributed by atoms with van der Waals surface area (Å²) in [6, 6.07) is 0. The maximum absolute atomic E-state index is 2.97. The predicted octanol–water partition coefficient (Wildman–Crippen LogP) is 0.863. The van der Waals surface area contributed by atoms with E-state index in [0.29, 0.717) is 0 Å². The van der Waals surface area contributed by atoms with Crippen molar-refractivity contribution in [3.63, 3.8) is 0 Å². The minimum atomic E-state index is 0. The van der Waals surface area contributed by atoms with E-state index in [9.17, 15) is 0 Å². The van der Waals surface area contributed by atoms with Crippen molar-refractivity contribution in [2.75, 3.05) is 13.1 Å². The van der Waals surface area contributed by atoms with Gasteiger partial charge in [0.2, 0.25) is 0 Å². The van der Waals surface area contributed by atoms with Crippen LogP contribution in [0.1, 0.15) is 0 Å². The zero-order chi connectivity index (χ0) is 4.83. The van der Waals surface area contributed by atoms with E-state index in [1.807, 2.05) is 0 Å². The van der Waals surface area contributed by atoms with Crippen molar-refractivity contribution in [2.24, 2.45) is 0 Å². The maximum Gasteiger partial charge on any atom is 2.00 e. The molecule has 0 aliphatic rings. The van der Waals surface area contributed by atoms with Crippen LogP contribution < -0.4 is 7.06 Å². The first kappa shape index (κ1) is 11.8. The van der Waals surface area contributed by atoms with E-state index in [-0.39, 0.29) is 21.1 Å². The number of halogens is 2. The number of hydrogen-bond donors (Lipinski definition) is 2. The zero-order valence-electron chi connectivity index (χ0n) is 3.49. The van der Waals surface area contributed by atoms with Gasteiger partial charge in [0.25, 0.3) is 0 Å². The smallest absolute Gasteiger partial charge is 0.260 e. The molecule has 0 aliphatic heterocycles. The first-order valence-electron chi connectivity index (χ1n) is 1.59. The Morgan fingerprint density at radius 1 is 1.00 bits per heavy atom. The molecule has 0 fully saturated rings. The molecule has 0 aromatic rings. The molecule has 0 saturated heterocycles. The van der Waals surface area contributed by atoms with Gasteiger partial charge in [0.15, 0.2) is 0 Å². The Labute approximate surface area is 85.8 Å². The van der Waals surface area contributed by atoms with Crippen molar-refractivity contribution in [2.45, 2.75) is 0 Å². The molecule has 0 rings (SSSR count). The first-order valence-corrected chi connectivity index (χ1v) is 3.74. The van der Waals surface area contributed by atoms with E-state index in [1.54, 1.807) is 0 Å². The van der Waals surface area contributed by atoms with E-state index < -0.39 is 0 Å². The van der Waals surface area contributed by atoms with Crippen LogP contribution in [0.25, 0.3) is 0 Å². The summed E-state index contributed by atoms with van der Waals surface area (Å²) in [7, 11) is 0. The summed E-state index contributed by atoms with van der Waals surface area (Å²) in [5.74, 6) is 0. The molecular formula is C2H6I2N2Pt+2. The number of rotatable bonds is 3. The van der Waals surface area contributed by atoms with Crippen molar-refractivity contribution in [3.8, 4) is 0 Å². The number of hydrogen-bond acceptors (Lipinski definition) is 2. The Kier molecular flexibility index (Phi) is 18.5. The Hall–Kier alpha value is 2.07. The van der Waals surface area contributed by atoms with Crippen LogP contribution in [0.4, 0.5) is 0 Å². The van der Waals surface area contributed by atoms with Crippen molar-refractivity contribution in [1.82, 2.24) is 7.06 Å². The van der Waals surface area contributed by atoms with Crippen LogP contribution in [-0.4, -0.2) is 13.1 Å². The molecule has 0 aromatic carbocycles. The van der Waals surface area contributed by atoms with Crippen molar-refractivity contribution in [1.29, 1.82) is 0 Å². The van der Waals surface area contributed by atoms with Crippen molar-refractivity contribution in [3.05, 3.63) is 0 Å². The minimum Gasteiger partial charge on any atom is -0.260 e. The summed E-state index contributed by atoms with van der Waals surface area (Å²) in [5.41, 5.74) is 0. The second-order valence-electron chi connectivity index (χ2n) is 0.767. The van der Waals surface area contributed by atoms with Gasteiger partial charge >= 0.3 is 21.1 Å². The molecule has 0 bridgehead atoms. The van der Waals surface area contributed by atoms with Crippen LogP contribution in [0, 0.1) is 0 Å². The van der Waals surface area contributed by atoms with E-state index >= 15 is 0 Å². The summed E-state index contributed by atoms with van der Waals surface area (Å²) in [6.45, 7) is 2.06. The van der Waals surface area contributed by atoms with Gasteiger partial charge in [0.05, 0.1) is 0 Å². The summed E-state index contributed by atoms with van der Waals surface area (Å²) >= 11 is 4.23. The molecule has 0 radical (unpaired) electrons. The molecule has 0 aromatic heterocycles. The normalized spacial score (nSPS) is 7.71. The van der Waals surface area contributed by atoms with Gasteiger partial charge in [-0.3, -0.25) is 7.06 Å². The van der Waals surface area contributed by atoms with Gasteiger partial charge in [0.1, 0.15) is 0 Å². The van der Waals surface area contributed by atoms with E-state index in [0.717, 1.165) is 13.1 Å². The van der Waals surface area contributed by atoms with Crippen LogP contribution >= 0.6 is 45.7 Å². The van der Waals surface area contributed by atoms with Gasteiger partial charge in [-0.15, -0.1) is 0 Å². The molecule has 7 heavy (non-hydrogen) atoms. The third-order valence-electron chi connectivity index (χ3n) is 0.314. The average molecular weight is 507 g/mol. The predicted molar refractivity (Wildman–Crippen MR) is 44.0 cm³/mol. The fourth-order valence-electron chi connectivity index (χ4n) is 0.0945. The van der Waals surface area contributed by atoms with Crippen LogP contribution in [-0.2, 0) is 21.1 Å². The molecule has 0 spiro atoms. The summed E-state index contributed by atoms with van der Waals surface area (Å²) in [6.07, 6.45) is 0. The molecule has 0 aliphatic carbocycles. The molecule has 46 valence electrons. The van der Waals surface area contributed by atoms with E-state index in [4.69, 9.17) is 0 Å². The van der Waals surface area contributed by atoms with Crippen LogP contribution in [0.2, 0.25) is 0 Å². The molecule has 0 heterocycles. The molecule has 2 N–H and O–H groups in total. The molecule has 0 unspecified atom stereocenters. The van der Waals surface area contributed by atoms with Gasteiger partial charge < -0.3 is 0 Å². The van der Waals surface area contributed by atoms with Crippen molar-refractivity contribution >= 4 is 45.7 Å². The van der Waals surface area contributed by atoms with E-state index in [2.05, 4.69) is 52.8 Å². The summed E-state index contributed by atoms with van der Waals surface area (Å²) in [4.78, 5) is 0. The maximum atomic E-state index is 2.97. The first-order chi connectivity index (χ1) is 2.91. The Morgan fingerprint density at radius 3 is 1.43 bits per heavy atom. The average Bonchev–Trinajstić information content (AvgIpc) is 1.61. The van der Waals surface area contributed by atoms with Crippen LogP contribution in [0.15, 0.2) is 0 Å². The van der Waals surface area contributed by atoms with Crippen LogP contribution in [0.3, 0.4) is 0 Å². The molecular weight excluding hydrogens is 501 g/mol. The Bertz CT molecular complexity index is 25.7. The molecule has 0 atom stereocenters. The molecule has 2 nitrogen and oxygen atoms in total. The minimum absolute atomic E-state index is 0. The monoisotopic (exact) mass is 507 g/mol. The van der Waals surface area contributed by atoms with Gasteiger partial charge in [0, 0.05) is 58.8 Å². The topological polar surface area (TPSA) is 24.1 Å². The third kappa shape index (κ3) is 11.6. The fourth-order valence-corrected chi connectivity index (χ4v) is 0.634. The van der Waals surface area contributed by atoms with Gasteiger partial charge in [-0.2, -0.15) is 0 Å². The SMILES string of the molecule is INCCNI.[Pt+2]. The van der Waals surface area contributed by atoms with Gasteiger partial charge in [-0.05, 0) is 0 Å². The standard InChI is InChI=1S/C2H6I2N2.Pt/c3-5-1-2-6-4;/h5-6H,1-2H2;/q;+2. The van der Waals surface area contributed by atoms with Gasteiger partial charge in [-0.1, -0.05) is 0 Å². The fraction of sp³-hybridized carbons (Fsp3) is 1.00. The zero-order valence-corrected chi connectivity index (χ0v) is 10.1. The second kappa shape index (κ2) is 10.9. The van der Waals surface area contributed by atoms with Crippen LogP contribution in [0.5, 0.6) is 0 Å². The van der Waals surface area contributed by atoms with Crippen molar-refractivity contribution < 1.29 is 21.1 Å². The second-order valence-corrected chi connectivity index (χ2v) is 2.29.